The van der Waals surface area contributed by atoms with Gasteiger partial charge in [0.25, 0.3) is 0 Å². The fraction of sp³-hybridized carbons (Fsp3) is 1.00. The molecule has 0 saturated heterocycles. The Kier molecular flexibility index (Phi) is 13.0. The minimum atomic E-state index is -0.668. The summed E-state index contributed by atoms with van der Waals surface area (Å²) in [5.74, 6) is 0. The maximum Gasteiger partial charge on any atom is -1.00 e. The summed E-state index contributed by atoms with van der Waals surface area (Å²) in [6.07, 6.45) is 0. The first kappa shape index (κ1) is 16.2. The van der Waals surface area contributed by atoms with Crippen molar-refractivity contribution in [3.05, 3.63) is 0 Å². The molecule has 0 aliphatic carbocycles. The van der Waals surface area contributed by atoms with Gasteiger partial charge in [0, 0.05) is 0 Å². The van der Waals surface area contributed by atoms with Crippen molar-refractivity contribution in [3.63, 3.8) is 0 Å². The summed E-state index contributed by atoms with van der Waals surface area (Å²) in [5.41, 5.74) is 0. The first-order valence-corrected chi connectivity index (χ1v) is 6.79. The number of rotatable bonds is 1. The monoisotopic (exact) mass is 184 g/mol. The van der Waals surface area contributed by atoms with E-state index in [1.807, 2.05) is 0 Å². The molecule has 0 N–H and O–H groups in total. The quantitative estimate of drug-likeness (QED) is 0.361. The maximum atomic E-state index is 2.79. The van der Waals surface area contributed by atoms with Crippen molar-refractivity contribution < 1.29 is 24.8 Å². The van der Waals surface area contributed by atoms with Crippen molar-refractivity contribution in [2.24, 2.45) is 0 Å². The molecule has 48 valence electrons. The van der Waals surface area contributed by atoms with Gasteiger partial charge in [0.2, 0.25) is 0 Å². The SMILES string of the molecule is C[Si](C)(C)[CH2][Al+2].[Cl-].[Cl-]. The topological polar surface area (TPSA) is 0 Å². The van der Waals surface area contributed by atoms with Crippen molar-refractivity contribution >= 4 is 24.4 Å². The molecule has 0 spiro atoms. The number of hydrogen-bond acceptors (Lipinski definition) is 0. The van der Waals surface area contributed by atoms with Gasteiger partial charge in [-0.2, -0.15) is 0 Å². The van der Waals surface area contributed by atoms with Crippen LogP contribution in [0.4, 0.5) is 0 Å². The Bertz CT molecular complexity index is 43.8. The minimum absolute atomic E-state index is 0. The molecule has 0 aliphatic rings. The van der Waals surface area contributed by atoms with Gasteiger partial charge >= 0.3 is 48.9 Å². The molecule has 0 heterocycles. The molecular weight excluding hydrogens is 174 g/mol. The largest absolute Gasteiger partial charge is 1.00 e. The Balaban J connectivity index is -0.000000125. The van der Waals surface area contributed by atoms with Gasteiger partial charge in [0.1, 0.15) is 0 Å². The molecule has 8 heavy (non-hydrogen) atoms. The second kappa shape index (κ2) is 6.45. The predicted molar refractivity (Wildman–Crippen MR) is 33.9 cm³/mol. The van der Waals surface area contributed by atoms with E-state index in [1.165, 1.54) is 4.91 Å². The van der Waals surface area contributed by atoms with Crippen LogP contribution in [-0.4, -0.2) is 24.4 Å². The van der Waals surface area contributed by atoms with E-state index in [0.29, 0.717) is 0 Å². The predicted octanol–water partition coefficient (Wildman–Crippen LogP) is -4.54. The smallest absolute Gasteiger partial charge is 1.00 e. The summed E-state index contributed by atoms with van der Waals surface area (Å²) < 4.78 is 0. The summed E-state index contributed by atoms with van der Waals surface area (Å²) >= 11 is 2.79. The molecule has 0 amide bonds. The maximum absolute atomic E-state index is 2.79. The van der Waals surface area contributed by atoms with Crippen LogP contribution in [0.1, 0.15) is 0 Å². The molecule has 0 rings (SSSR count). The average molecular weight is 185 g/mol. The number of halogens is 2. The normalized spacial score (nSPS) is 9.12. The molecule has 0 nitrogen and oxygen atoms in total. The van der Waals surface area contributed by atoms with Crippen LogP contribution in [0.15, 0.2) is 0 Å². The van der Waals surface area contributed by atoms with E-state index in [2.05, 4.69) is 35.9 Å². The van der Waals surface area contributed by atoms with Crippen LogP contribution >= 0.6 is 0 Å². The molecular formula is C4H11AlCl2Si. The van der Waals surface area contributed by atoms with Crippen molar-refractivity contribution in [1.82, 2.24) is 0 Å². The fourth-order valence-electron chi connectivity index (χ4n) is 0. The molecule has 0 aromatic rings. The molecule has 0 aromatic carbocycles. The van der Waals surface area contributed by atoms with Crippen LogP contribution < -0.4 is 24.8 Å². The summed E-state index contributed by atoms with van der Waals surface area (Å²) in [5, 5.41) is 0. The Morgan fingerprint density at radius 2 is 1.25 bits per heavy atom. The second-order valence-electron chi connectivity index (χ2n) is 2.76. The van der Waals surface area contributed by atoms with Gasteiger partial charge in [0.05, 0.1) is 0 Å². The molecule has 0 aromatic heterocycles. The average Bonchev–Trinajstić information content (AvgIpc) is 1.35. The zero-order valence-electron chi connectivity index (χ0n) is 5.54. The number of hydrogen-bond donors (Lipinski definition) is 0. The van der Waals surface area contributed by atoms with E-state index >= 15 is 0 Å². The Labute approximate surface area is 73.7 Å². The third-order valence-electron chi connectivity index (χ3n) is 0.612. The van der Waals surface area contributed by atoms with E-state index in [1.54, 1.807) is 0 Å². The van der Waals surface area contributed by atoms with Crippen LogP contribution in [0.25, 0.3) is 0 Å². The summed E-state index contributed by atoms with van der Waals surface area (Å²) in [6, 6.07) is 0. The summed E-state index contributed by atoms with van der Waals surface area (Å²) in [7, 11) is -0.668. The Hall–Kier alpha value is 1.33. The second-order valence-corrected chi connectivity index (χ2v) is 9.52. The van der Waals surface area contributed by atoms with Crippen LogP contribution in [0, 0.1) is 0 Å². The third kappa shape index (κ3) is 15.7. The van der Waals surface area contributed by atoms with E-state index in [0.717, 1.165) is 0 Å². The summed E-state index contributed by atoms with van der Waals surface area (Å²) in [6.45, 7) is 7.08. The van der Waals surface area contributed by atoms with Crippen LogP contribution in [0.2, 0.25) is 24.5 Å². The van der Waals surface area contributed by atoms with Crippen molar-refractivity contribution in [3.8, 4) is 0 Å². The van der Waals surface area contributed by atoms with Gasteiger partial charge < -0.3 is 24.8 Å². The minimum Gasteiger partial charge on any atom is -1.00 e. The van der Waals surface area contributed by atoms with Gasteiger partial charge in [-0.05, 0) is 0 Å². The van der Waals surface area contributed by atoms with Gasteiger partial charge in [-0.1, -0.05) is 0 Å². The van der Waals surface area contributed by atoms with Crippen LogP contribution in [0.3, 0.4) is 0 Å². The molecule has 0 radical (unpaired) electrons. The zero-order chi connectivity index (χ0) is 5.21. The van der Waals surface area contributed by atoms with Crippen LogP contribution in [-0.2, 0) is 0 Å². The van der Waals surface area contributed by atoms with Crippen molar-refractivity contribution in [2.75, 3.05) is 0 Å². The molecule has 0 bridgehead atoms. The molecule has 4 heteroatoms. The summed E-state index contributed by atoms with van der Waals surface area (Å²) in [4.78, 5) is 1.33. The Morgan fingerprint density at radius 1 is 1.12 bits per heavy atom. The van der Waals surface area contributed by atoms with Crippen molar-refractivity contribution in [1.29, 1.82) is 0 Å². The molecule has 0 atom stereocenters. The first-order chi connectivity index (χ1) is 2.56. The zero-order valence-corrected chi connectivity index (χ0v) is 9.21. The molecule has 0 fully saturated rings. The fourth-order valence-corrected chi connectivity index (χ4v) is 0. The van der Waals surface area contributed by atoms with Crippen LogP contribution in [0.5, 0.6) is 0 Å². The molecule has 0 aliphatic heterocycles. The van der Waals surface area contributed by atoms with Gasteiger partial charge in [-0.3, -0.25) is 0 Å². The van der Waals surface area contributed by atoms with Crippen molar-refractivity contribution in [2.45, 2.75) is 24.5 Å². The first-order valence-electron chi connectivity index (χ1n) is 2.26. The van der Waals surface area contributed by atoms with E-state index < -0.39 is 8.07 Å². The molecule has 0 unspecified atom stereocenters. The van der Waals surface area contributed by atoms with Gasteiger partial charge in [0.15, 0.2) is 0 Å². The Morgan fingerprint density at radius 3 is 1.25 bits per heavy atom. The van der Waals surface area contributed by atoms with Gasteiger partial charge in [-0.25, -0.2) is 0 Å². The molecule has 0 saturated carbocycles. The third-order valence-corrected chi connectivity index (χ3v) is 5.51. The van der Waals surface area contributed by atoms with E-state index in [9.17, 15) is 0 Å². The van der Waals surface area contributed by atoms with E-state index in [-0.39, 0.29) is 24.8 Å². The van der Waals surface area contributed by atoms with E-state index in [4.69, 9.17) is 0 Å². The van der Waals surface area contributed by atoms with Gasteiger partial charge in [-0.15, -0.1) is 0 Å². The standard InChI is InChI=1S/C4H11Si.Al.2ClH/c1-5(2,3)4;;;/h1H2,2-4H3;;2*1H/q;+2;;/p-2.